The molecule has 1 saturated heterocycles. The number of piperidine rings is 1. The minimum absolute atomic E-state index is 0.0391. The summed E-state index contributed by atoms with van der Waals surface area (Å²) in [5.74, 6) is -0.0703. The Bertz CT molecular complexity index is 905. The van der Waals surface area contributed by atoms with Crippen LogP contribution in [0.5, 0.6) is 0 Å². The van der Waals surface area contributed by atoms with E-state index in [9.17, 15) is 9.59 Å². The molecule has 2 amide bonds. The molecule has 0 bridgehead atoms. The maximum atomic E-state index is 13.3. The second kappa shape index (κ2) is 9.53. The monoisotopic (exact) mass is 440 g/mol. The first-order valence-corrected chi connectivity index (χ1v) is 12.1. The summed E-state index contributed by atoms with van der Waals surface area (Å²) in [5, 5.41) is 2.07. The van der Waals surface area contributed by atoms with Crippen molar-refractivity contribution in [1.82, 2.24) is 4.90 Å². The van der Waals surface area contributed by atoms with Crippen LogP contribution in [0.4, 0.5) is 0 Å². The van der Waals surface area contributed by atoms with E-state index in [0.717, 1.165) is 49.7 Å². The lowest BCUT2D eigenvalue weighted by atomic mass is 9.73. The van der Waals surface area contributed by atoms with Crippen LogP contribution in [-0.2, 0) is 20.7 Å². The Hall–Kier alpha value is -2.18. The first-order chi connectivity index (χ1) is 15.0. The highest BCUT2D eigenvalue weighted by Crippen LogP contribution is 2.37. The van der Waals surface area contributed by atoms with Crippen LogP contribution in [-0.4, -0.2) is 43.0 Å². The number of methoxy groups -OCH3 is 1. The van der Waals surface area contributed by atoms with Gasteiger partial charge in [0.1, 0.15) is 0 Å². The van der Waals surface area contributed by atoms with Gasteiger partial charge in [-0.3, -0.25) is 9.59 Å². The predicted octanol–water partition coefficient (Wildman–Crippen LogP) is 4.26. The lowest BCUT2D eigenvalue weighted by Crippen LogP contribution is -2.54. The Morgan fingerprint density at radius 1 is 1.19 bits per heavy atom. The molecule has 1 saturated carbocycles. The van der Waals surface area contributed by atoms with E-state index < -0.39 is 5.41 Å². The summed E-state index contributed by atoms with van der Waals surface area (Å²) in [6.07, 6.45) is 5.96. The number of primary amides is 1. The van der Waals surface area contributed by atoms with Crippen molar-refractivity contribution in [3.05, 3.63) is 47.3 Å². The first-order valence-electron chi connectivity index (χ1n) is 11.2. The van der Waals surface area contributed by atoms with Crippen molar-refractivity contribution in [2.75, 3.05) is 20.2 Å². The number of nitrogens with two attached hydrogens (primary N) is 1. The van der Waals surface area contributed by atoms with Crippen LogP contribution in [0.15, 0.2) is 41.8 Å². The minimum atomic E-state index is -0.703. The second-order valence-corrected chi connectivity index (χ2v) is 10.0. The van der Waals surface area contributed by atoms with Gasteiger partial charge in [0, 0.05) is 31.0 Å². The number of thiophene rings is 1. The zero-order valence-electron chi connectivity index (χ0n) is 18.2. The number of carbonyl (C=O) groups is 2. The van der Waals surface area contributed by atoms with Crippen LogP contribution in [0, 0.1) is 11.3 Å². The molecule has 1 atom stereocenters. The van der Waals surface area contributed by atoms with Crippen LogP contribution in [0.2, 0.25) is 0 Å². The molecule has 2 aromatic rings. The molecule has 4 rings (SSSR count). The number of rotatable bonds is 6. The van der Waals surface area contributed by atoms with E-state index in [1.807, 2.05) is 17.0 Å². The molecule has 2 fully saturated rings. The second-order valence-electron chi connectivity index (χ2n) is 9.07. The number of nitrogens with zero attached hydrogens (tertiary/aromatic N) is 1. The van der Waals surface area contributed by atoms with Crippen molar-refractivity contribution >= 4 is 23.2 Å². The summed E-state index contributed by atoms with van der Waals surface area (Å²) in [6.45, 7) is 1.14. The van der Waals surface area contributed by atoms with Gasteiger partial charge in [-0.1, -0.05) is 30.3 Å². The molecule has 2 heterocycles. The quantitative estimate of drug-likeness (QED) is 0.730. The molecule has 0 spiro atoms. The van der Waals surface area contributed by atoms with Gasteiger partial charge in [-0.15, -0.1) is 11.3 Å². The molecule has 1 aliphatic heterocycles. The fraction of sp³-hybridized carbons (Fsp3) is 0.520. The summed E-state index contributed by atoms with van der Waals surface area (Å²) >= 11 is 1.70. The molecule has 0 unspecified atom stereocenters. The van der Waals surface area contributed by atoms with Gasteiger partial charge < -0.3 is 15.4 Å². The van der Waals surface area contributed by atoms with Gasteiger partial charge in [-0.05, 0) is 67.5 Å². The number of carbonyl (C=O) groups excluding carboxylic acids is 2. The Kier molecular flexibility index (Phi) is 6.77. The zero-order chi connectivity index (χ0) is 21.8. The number of amides is 2. The third-order valence-electron chi connectivity index (χ3n) is 7.04. The van der Waals surface area contributed by atoms with Gasteiger partial charge in [-0.25, -0.2) is 0 Å². The summed E-state index contributed by atoms with van der Waals surface area (Å²) in [7, 11) is 1.74. The lowest BCUT2D eigenvalue weighted by molar-refractivity contribution is -0.144. The third kappa shape index (κ3) is 4.85. The number of likely N-dealkylation sites (tertiary alicyclic amines) is 1. The fourth-order valence-electron chi connectivity index (χ4n) is 5.22. The van der Waals surface area contributed by atoms with Crippen molar-refractivity contribution in [2.24, 2.45) is 17.1 Å². The van der Waals surface area contributed by atoms with Crippen molar-refractivity contribution < 1.29 is 14.3 Å². The van der Waals surface area contributed by atoms with Gasteiger partial charge in [0.2, 0.25) is 11.8 Å². The van der Waals surface area contributed by atoms with E-state index in [0.29, 0.717) is 19.5 Å². The molecule has 2 aliphatic rings. The number of hydrogen-bond acceptors (Lipinski definition) is 4. The standard InChI is InChI=1S/C25H32N2O3S/c1-30-21-10-8-19(9-11-21)23(28)27-13-4-12-25(17-27,24(26)29)16-18-5-2-6-20(15-18)22-7-3-14-31-22/h2-3,5-7,14-15,19,21H,4,8-13,16-17H2,1H3,(H2,26,29)/t19?,21?,25-/m1/s1. The lowest BCUT2D eigenvalue weighted by Gasteiger charge is -2.42. The van der Waals surface area contributed by atoms with Crippen molar-refractivity contribution in [1.29, 1.82) is 0 Å². The van der Waals surface area contributed by atoms with Gasteiger partial charge in [-0.2, -0.15) is 0 Å². The van der Waals surface area contributed by atoms with Crippen molar-refractivity contribution in [2.45, 2.75) is 51.0 Å². The molecule has 6 heteroatoms. The maximum absolute atomic E-state index is 13.3. The van der Waals surface area contributed by atoms with Crippen LogP contribution in [0.25, 0.3) is 10.4 Å². The molecule has 1 aromatic carbocycles. The summed E-state index contributed by atoms with van der Waals surface area (Å²) < 4.78 is 5.45. The fourth-order valence-corrected chi connectivity index (χ4v) is 5.95. The van der Waals surface area contributed by atoms with Gasteiger partial charge >= 0.3 is 0 Å². The third-order valence-corrected chi connectivity index (χ3v) is 7.96. The molecule has 5 nitrogen and oxygen atoms in total. The number of ether oxygens (including phenoxy) is 1. The Balaban J connectivity index is 1.49. The van der Waals surface area contributed by atoms with Crippen LogP contribution in [0.3, 0.4) is 0 Å². The molecule has 1 aliphatic carbocycles. The molecule has 0 radical (unpaired) electrons. The van der Waals surface area contributed by atoms with Crippen LogP contribution < -0.4 is 5.73 Å². The Morgan fingerprint density at radius 3 is 2.68 bits per heavy atom. The van der Waals surface area contributed by atoms with Crippen LogP contribution in [0.1, 0.15) is 44.1 Å². The highest BCUT2D eigenvalue weighted by Gasteiger charge is 2.43. The summed E-state index contributed by atoms with van der Waals surface area (Å²) in [4.78, 5) is 29.1. The number of benzene rings is 1. The van der Waals surface area contributed by atoms with Gasteiger partial charge in [0.15, 0.2) is 0 Å². The van der Waals surface area contributed by atoms with E-state index in [-0.39, 0.29) is 23.8 Å². The van der Waals surface area contributed by atoms with Gasteiger partial charge in [0.05, 0.1) is 11.5 Å². The topological polar surface area (TPSA) is 72.6 Å². The number of hydrogen-bond donors (Lipinski definition) is 1. The highest BCUT2D eigenvalue weighted by molar-refractivity contribution is 7.13. The molecule has 31 heavy (non-hydrogen) atoms. The van der Waals surface area contributed by atoms with Crippen molar-refractivity contribution in [3.8, 4) is 10.4 Å². The average molecular weight is 441 g/mol. The highest BCUT2D eigenvalue weighted by atomic mass is 32.1. The van der Waals surface area contributed by atoms with E-state index >= 15 is 0 Å². The average Bonchev–Trinajstić information content (AvgIpc) is 3.34. The summed E-state index contributed by atoms with van der Waals surface area (Å²) in [5.41, 5.74) is 7.52. The van der Waals surface area contributed by atoms with Crippen molar-refractivity contribution in [3.63, 3.8) is 0 Å². The molecular weight excluding hydrogens is 408 g/mol. The van der Waals surface area contributed by atoms with E-state index in [1.165, 1.54) is 4.88 Å². The first kappa shape index (κ1) is 22.0. The molecule has 166 valence electrons. The van der Waals surface area contributed by atoms with E-state index in [1.54, 1.807) is 18.4 Å². The molecule has 1 aromatic heterocycles. The zero-order valence-corrected chi connectivity index (χ0v) is 19.0. The maximum Gasteiger partial charge on any atom is 0.225 e. The minimum Gasteiger partial charge on any atom is -0.381 e. The SMILES string of the molecule is COC1CCC(C(=O)N2CCC[C@](Cc3cccc(-c4cccs4)c3)(C(N)=O)C2)CC1. The smallest absolute Gasteiger partial charge is 0.225 e. The normalized spacial score (nSPS) is 26.5. The largest absolute Gasteiger partial charge is 0.381 e. The molecule has 2 N–H and O–H groups in total. The summed E-state index contributed by atoms with van der Waals surface area (Å²) in [6, 6.07) is 12.5. The Labute approximate surface area is 188 Å². The van der Waals surface area contributed by atoms with E-state index in [2.05, 4.69) is 29.6 Å². The Morgan fingerprint density at radius 2 is 2.00 bits per heavy atom. The van der Waals surface area contributed by atoms with E-state index in [4.69, 9.17) is 10.5 Å². The predicted molar refractivity (Wildman–Crippen MR) is 124 cm³/mol. The van der Waals surface area contributed by atoms with Crippen LogP contribution >= 0.6 is 11.3 Å². The van der Waals surface area contributed by atoms with Gasteiger partial charge in [0.25, 0.3) is 0 Å². The molecular formula is C25H32N2O3S.